The van der Waals surface area contributed by atoms with Crippen molar-refractivity contribution in [1.29, 1.82) is 0 Å². The fraction of sp³-hybridized carbons (Fsp3) is 0.385. The summed E-state index contributed by atoms with van der Waals surface area (Å²) in [7, 11) is 0. The van der Waals surface area contributed by atoms with Gasteiger partial charge in [0.1, 0.15) is 5.75 Å². The normalized spacial score (nSPS) is 10.5. The number of aromatic nitrogens is 2. The van der Waals surface area contributed by atoms with Crippen LogP contribution < -0.4 is 10.1 Å². The van der Waals surface area contributed by atoms with Gasteiger partial charge in [-0.05, 0) is 18.7 Å². The Balaban J connectivity index is 1.75. The lowest BCUT2D eigenvalue weighted by atomic mass is 10.3. The lowest BCUT2D eigenvalue weighted by molar-refractivity contribution is 0.313. The number of ether oxygens (including phenoxy) is 1. The number of para-hydroxylation sites is 1. The zero-order chi connectivity index (χ0) is 12.6. The zero-order valence-corrected chi connectivity index (χ0v) is 10.4. The van der Waals surface area contributed by atoms with E-state index in [0.29, 0.717) is 31.3 Å². The Bertz CT molecular complexity index is 456. The second kappa shape index (κ2) is 6.76. The van der Waals surface area contributed by atoms with Crippen LogP contribution in [0.5, 0.6) is 5.75 Å². The van der Waals surface area contributed by atoms with Gasteiger partial charge in [0.25, 0.3) is 0 Å². The molecule has 0 bridgehead atoms. The number of rotatable bonds is 7. The molecule has 1 heterocycles. The maximum Gasteiger partial charge on any atom is 0.240 e. The van der Waals surface area contributed by atoms with E-state index in [4.69, 9.17) is 9.26 Å². The van der Waals surface area contributed by atoms with Crippen molar-refractivity contribution >= 4 is 0 Å². The Hall–Kier alpha value is -1.88. The molecule has 0 unspecified atom stereocenters. The number of hydrogen-bond donors (Lipinski definition) is 1. The van der Waals surface area contributed by atoms with Crippen molar-refractivity contribution < 1.29 is 9.26 Å². The van der Waals surface area contributed by atoms with Gasteiger partial charge in [0, 0.05) is 6.42 Å². The van der Waals surface area contributed by atoms with Crippen LogP contribution in [0.25, 0.3) is 0 Å². The summed E-state index contributed by atoms with van der Waals surface area (Å²) < 4.78 is 10.7. The van der Waals surface area contributed by atoms with Crippen molar-refractivity contribution in [2.24, 2.45) is 0 Å². The highest BCUT2D eigenvalue weighted by molar-refractivity contribution is 5.20. The smallest absolute Gasteiger partial charge is 0.240 e. The molecule has 1 N–H and O–H groups in total. The van der Waals surface area contributed by atoms with Gasteiger partial charge in [-0.3, -0.25) is 0 Å². The van der Waals surface area contributed by atoms with Crippen LogP contribution in [0.4, 0.5) is 0 Å². The predicted molar refractivity (Wildman–Crippen MR) is 67.3 cm³/mol. The summed E-state index contributed by atoms with van der Waals surface area (Å²) in [5, 5.41) is 7.03. The minimum Gasteiger partial charge on any atom is -0.493 e. The Labute approximate surface area is 106 Å². The predicted octanol–water partition coefficient (Wildman–Crippen LogP) is 1.80. The second-order valence-corrected chi connectivity index (χ2v) is 3.80. The average Bonchev–Trinajstić information content (AvgIpc) is 2.85. The number of hydrogen-bond acceptors (Lipinski definition) is 5. The molecule has 0 atom stereocenters. The fourth-order valence-corrected chi connectivity index (χ4v) is 1.47. The van der Waals surface area contributed by atoms with E-state index in [2.05, 4.69) is 15.5 Å². The molecular formula is C13H17N3O2. The SMILES string of the molecule is CCNCc1nc(CCOc2ccccc2)no1. The van der Waals surface area contributed by atoms with Gasteiger partial charge in [-0.1, -0.05) is 30.3 Å². The maximum absolute atomic E-state index is 5.56. The molecule has 0 amide bonds. The van der Waals surface area contributed by atoms with E-state index in [9.17, 15) is 0 Å². The van der Waals surface area contributed by atoms with Gasteiger partial charge in [-0.15, -0.1) is 0 Å². The van der Waals surface area contributed by atoms with E-state index in [0.717, 1.165) is 12.3 Å². The first-order valence-corrected chi connectivity index (χ1v) is 6.08. The molecule has 18 heavy (non-hydrogen) atoms. The van der Waals surface area contributed by atoms with E-state index in [-0.39, 0.29) is 0 Å². The van der Waals surface area contributed by atoms with Gasteiger partial charge in [-0.2, -0.15) is 4.98 Å². The van der Waals surface area contributed by atoms with Crippen LogP contribution in [0.15, 0.2) is 34.9 Å². The molecule has 5 nitrogen and oxygen atoms in total. The molecule has 0 aliphatic carbocycles. The summed E-state index contributed by atoms with van der Waals surface area (Å²) in [6, 6.07) is 9.69. The van der Waals surface area contributed by atoms with Gasteiger partial charge in [0.15, 0.2) is 5.82 Å². The van der Waals surface area contributed by atoms with Crippen LogP contribution in [0.2, 0.25) is 0 Å². The van der Waals surface area contributed by atoms with Gasteiger partial charge in [0.05, 0.1) is 13.2 Å². The molecule has 5 heteroatoms. The lowest BCUT2D eigenvalue weighted by Gasteiger charge is -2.02. The second-order valence-electron chi connectivity index (χ2n) is 3.80. The maximum atomic E-state index is 5.56. The van der Waals surface area contributed by atoms with Gasteiger partial charge in [-0.25, -0.2) is 0 Å². The summed E-state index contributed by atoms with van der Waals surface area (Å²) in [5.41, 5.74) is 0. The van der Waals surface area contributed by atoms with Crippen molar-refractivity contribution in [2.75, 3.05) is 13.2 Å². The van der Waals surface area contributed by atoms with Crippen molar-refractivity contribution in [3.8, 4) is 5.75 Å². The van der Waals surface area contributed by atoms with Crippen LogP contribution in [0, 0.1) is 0 Å². The molecule has 96 valence electrons. The molecule has 1 aromatic heterocycles. The average molecular weight is 247 g/mol. The monoisotopic (exact) mass is 247 g/mol. The minimum absolute atomic E-state index is 0.546. The summed E-state index contributed by atoms with van der Waals surface area (Å²) >= 11 is 0. The third-order valence-corrected chi connectivity index (χ3v) is 2.37. The summed E-state index contributed by atoms with van der Waals surface area (Å²) in [4.78, 5) is 4.26. The topological polar surface area (TPSA) is 60.2 Å². The van der Waals surface area contributed by atoms with Crippen LogP contribution in [0.3, 0.4) is 0 Å². The lowest BCUT2D eigenvalue weighted by Crippen LogP contribution is -2.12. The van der Waals surface area contributed by atoms with Gasteiger partial charge < -0.3 is 14.6 Å². The van der Waals surface area contributed by atoms with Gasteiger partial charge in [0.2, 0.25) is 5.89 Å². The summed E-state index contributed by atoms with van der Waals surface area (Å²) in [5.74, 6) is 2.15. The third-order valence-electron chi connectivity index (χ3n) is 2.37. The molecule has 2 aromatic rings. The van der Waals surface area contributed by atoms with Crippen molar-refractivity contribution in [3.05, 3.63) is 42.0 Å². The highest BCUT2D eigenvalue weighted by Crippen LogP contribution is 2.08. The van der Waals surface area contributed by atoms with E-state index in [1.54, 1.807) is 0 Å². The van der Waals surface area contributed by atoms with Gasteiger partial charge >= 0.3 is 0 Å². The molecule has 1 aromatic carbocycles. The van der Waals surface area contributed by atoms with Crippen molar-refractivity contribution in [2.45, 2.75) is 19.9 Å². The first-order chi connectivity index (χ1) is 8.88. The van der Waals surface area contributed by atoms with Crippen molar-refractivity contribution in [1.82, 2.24) is 15.5 Å². The molecule has 0 fully saturated rings. The van der Waals surface area contributed by atoms with Crippen LogP contribution >= 0.6 is 0 Å². The molecule has 0 spiro atoms. The van der Waals surface area contributed by atoms with Crippen LogP contribution in [-0.2, 0) is 13.0 Å². The fourth-order valence-electron chi connectivity index (χ4n) is 1.47. The number of benzene rings is 1. The van der Waals surface area contributed by atoms with Crippen LogP contribution in [0.1, 0.15) is 18.6 Å². The Morgan fingerprint density at radius 1 is 1.28 bits per heavy atom. The molecule has 0 aliphatic rings. The molecular weight excluding hydrogens is 230 g/mol. The Morgan fingerprint density at radius 2 is 2.11 bits per heavy atom. The standard InChI is InChI=1S/C13H17N3O2/c1-2-14-10-13-15-12(16-18-13)8-9-17-11-6-4-3-5-7-11/h3-7,14H,2,8-10H2,1H3. The first-order valence-electron chi connectivity index (χ1n) is 6.08. The Morgan fingerprint density at radius 3 is 2.89 bits per heavy atom. The Kier molecular flexibility index (Phi) is 4.72. The molecule has 0 radical (unpaired) electrons. The summed E-state index contributed by atoms with van der Waals surface area (Å²) in [6.07, 6.45) is 0.643. The third kappa shape index (κ3) is 3.85. The van der Waals surface area contributed by atoms with E-state index in [1.807, 2.05) is 37.3 Å². The highest BCUT2D eigenvalue weighted by Gasteiger charge is 2.05. The zero-order valence-electron chi connectivity index (χ0n) is 10.4. The van der Waals surface area contributed by atoms with E-state index >= 15 is 0 Å². The van der Waals surface area contributed by atoms with E-state index in [1.165, 1.54) is 0 Å². The largest absolute Gasteiger partial charge is 0.493 e. The molecule has 0 aliphatic heterocycles. The van der Waals surface area contributed by atoms with E-state index < -0.39 is 0 Å². The minimum atomic E-state index is 0.546. The molecule has 0 saturated carbocycles. The first kappa shape index (κ1) is 12.6. The highest BCUT2D eigenvalue weighted by atomic mass is 16.5. The number of nitrogens with one attached hydrogen (secondary N) is 1. The quantitative estimate of drug-likeness (QED) is 0.808. The molecule has 2 rings (SSSR count). The summed E-state index contributed by atoms with van der Waals surface area (Å²) in [6.45, 7) is 4.08. The van der Waals surface area contributed by atoms with Crippen molar-refractivity contribution in [3.63, 3.8) is 0 Å². The van der Waals surface area contributed by atoms with Crippen LogP contribution in [-0.4, -0.2) is 23.3 Å². The number of nitrogens with zero attached hydrogens (tertiary/aromatic N) is 2. The molecule has 0 saturated heterocycles.